The third-order valence-electron chi connectivity index (χ3n) is 3.90. The lowest BCUT2D eigenvalue weighted by Crippen LogP contribution is -2.00. The van der Waals surface area contributed by atoms with E-state index in [2.05, 4.69) is 9.97 Å². The van der Waals surface area contributed by atoms with Crippen molar-refractivity contribution in [3.63, 3.8) is 0 Å². The number of rotatable bonds is 5. The summed E-state index contributed by atoms with van der Waals surface area (Å²) < 4.78 is 10.5. The molecule has 1 heterocycles. The van der Waals surface area contributed by atoms with E-state index in [1.807, 2.05) is 24.3 Å². The van der Waals surface area contributed by atoms with Crippen molar-refractivity contribution in [1.82, 2.24) is 9.97 Å². The molecule has 0 radical (unpaired) electrons. The monoisotopic (exact) mass is 383 g/mol. The van der Waals surface area contributed by atoms with E-state index < -0.39 is 5.97 Å². The highest BCUT2D eigenvalue weighted by Gasteiger charge is 2.15. The number of aromatic nitrogens is 2. The van der Waals surface area contributed by atoms with Crippen LogP contribution in [0.5, 0.6) is 5.75 Å². The Morgan fingerprint density at radius 1 is 1.33 bits per heavy atom. The number of halogens is 1. The van der Waals surface area contributed by atoms with Gasteiger partial charge in [0.2, 0.25) is 5.95 Å². The number of hydrogen-bond donors (Lipinski definition) is 1. The zero-order valence-corrected chi connectivity index (χ0v) is 15.7. The number of ether oxygens (including phenoxy) is 2. The van der Waals surface area contributed by atoms with E-state index in [-0.39, 0.29) is 5.95 Å². The molecule has 0 aliphatic heterocycles. The van der Waals surface area contributed by atoms with Gasteiger partial charge in [-0.15, -0.1) is 0 Å². The number of methoxy groups -OCH3 is 1. The fourth-order valence-electron chi connectivity index (χ4n) is 2.78. The van der Waals surface area contributed by atoms with Crippen LogP contribution in [0.15, 0.2) is 42.6 Å². The molecule has 2 N–H and O–H groups in total. The van der Waals surface area contributed by atoms with E-state index in [4.69, 9.17) is 26.8 Å². The van der Waals surface area contributed by atoms with Gasteiger partial charge in [-0.1, -0.05) is 23.7 Å². The van der Waals surface area contributed by atoms with E-state index >= 15 is 0 Å². The number of nitrogen functional groups attached to an aromatic ring is 1. The molecular formula is C20H18ClN3O3. The summed E-state index contributed by atoms with van der Waals surface area (Å²) >= 11 is 6.16. The molecule has 0 saturated carbocycles. The van der Waals surface area contributed by atoms with E-state index in [0.29, 0.717) is 28.5 Å². The Hall–Kier alpha value is -3.12. The fourth-order valence-corrected chi connectivity index (χ4v) is 2.97. The van der Waals surface area contributed by atoms with Crippen molar-refractivity contribution in [2.75, 3.05) is 19.5 Å². The van der Waals surface area contributed by atoms with Gasteiger partial charge < -0.3 is 15.2 Å². The molecule has 0 aliphatic carbocycles. The summed E-state index contributed by atoms with van der Waals surface area (Å²) in [5, 5.41) is 1.37. The Labute approximate surface area is 161 Å². The number of hydrogen-bond acceptors (Lipinski definition) is 6. The number of fused-ring (bicyclic) bond motifs is 1. The maximum atomic E-state index is 11.7. The van der Waals surface area contributed by atoms with Crippen LogP contribution in [0, 0.1) is 0 Å². The van der Waals surface area contributed by atoms with Crippen molar-refractivity contribution in [1.29, 1.82) is 0 Å². The highest BCUT2D eigenvalue weighted by atomic mass is 35.5. The molecule has 0 fully saturated rings. The van der Waals surface area contributed by atoms with Crippen LogP contribution in [0.1, 0.15) is 12.5 Å². The Kier molecular flexibility index (Phi) is 5.57. The number of benzene rings is 2. The SMILES string of the molecule is CCOC(=O)/C=C/c1cc(-c2cccc(Cl)c2)c2cnc(N)nc2c1OC. The van der Waals surface area contributed by atoms with Gasteiger partial charge in [0.15, 0.2) is 5.75 Å². The van der Waals surface area contributed by atoms with Gasteiger partial charge in [-0.05, 0) is 42.3 Å². The van der Waals surface area contributed by atoms with Crippen LogP contribution in [0.4, 0.5) is 5.95 Å². The molecule has 0 amide bonds. The Morgan fingerprint density at radius 2 is 2.15 bits per heavy atom. The van der Waals surface area contributed by atoms with Crippen molar-refractivity contribution in [3.05, 3.63) is 53.2 Å². The molecule has 7 heteroatoms. The average molecular weight is 384 g/mol. The molecule has 27 heavy (non-hydrogen) atoms. The van der Waals surface area contributed by atoms with Gasteiger partial charge in [-0.25, -0.2) is 14.8 Å². The molecule has 1 aromatic heterocycles. The zero-order chi connectivity index (χ0) is 19.4. The first-order valence-electron chi connectivity index (χ1n) is 8.27. The number of nitrogens with zero attached hydrogens (tertiary/aromatic N) is 2. The Balaban J connectivity index is 2.27. The third-order valence-corrected chi connectivity index (χ3v) is 4.14. The van der Waals surface area contributed by atoms with E-state index in [1.165, 1.54) is 13.2 Å². The number of carbonyl (C=O) groups is 1. The predicted molar refractivity (Wildman–Crippen MR) is 107 cm³/mol. The zero-order valence-electron chi connectivity index (χ0n) is 14.9. The van der Waals surface area contributed by atoms with Gasteiger partial charge in [0.05, 0.1) is 13.7 Å². The van der Waals surface area contributed by atoms with Crippen molar-refractivity contribution in [2.45, 2.75) is 6.92 Å². The molecule has 0 spiro atoms. The molecular weight excluding hydrogens is 366 g/mol. The minimum atomic E-state index is -0.439. The molecule has 0 unspecified atom stereocenters. The summed E-state index contributed by atoms with van der Waals surface area (Å²) in [5.74, 6) is 0.181. The standard InChI is InChI=1S/C20H18ClN3O3/c1-3-27-17(25)8-7-13-10-15(12-5-4-6-14(21)9-12)16-11-23-20(22)24-18(16)19(13)26-2/h4-11H,3H2,1-2H3,(H2,22,23,24)/b8-7+. The molecule has 6 nitrogen and oxygen atoms in total. The molecule has 0 aliphatic rings. The van der Waals surface area contributed by atoms with Crippen molar-refractivity contribution >= 4 is 40.5 Å². The van der Waals surface area contributed by atoms with Gasteiger partial charge in [-0.2, -0.15) is 0 Å². The minimum absolute atomic E-state index is 0.129. The molecule has 3 rings (SSSR count). The largest absolute Gasteiger partial charge is 0.494 e. The van der Waals surface area contributed by atoms with E-state index in [9.17, 15) is 4.79 Å². The van der Waals surface area contributed by atoms with Crippen LogP contribution in [0.2, 0.25) is 5.02 Å². The van der Waals surface area contributed by atoms with Crippen molar-refractivity contribution in [3.8, 4) is 16.9 Å². The third kappa shape index (κ3) is 4.01. The summed E-state index contributed by atoms with van der Waals surface area (Å²) in [6.07, 6.45) is 4.62. The summed E-state index contributed by atoms with van der Waals surface area (Å²) in [7, 11) is 1.54. The Bertz CT molecular complexity index is 1030. The van der Waals surface area contributed by atoms with Gasteiger partial charge in [-0.3, -0.25) is 0 Å². The number of nitrogens with two attached hydrogens (primary N) is 1. The maximum absolute atomic E-state index is 11.7. The van der Waals surface area contributed by atoms with Crippen molar-refractivity contribution in [2.24, 2.45) is 0 Å². The molecule has 3 aromatic rings. The van der Waals surface area contributed by atoms with Crippen LogP contribution in [-0.4, -0.2) is 29.7 Å². The number of carbonyl (C=O) groups excluding carboxylic acids is 1. The highest BCUT2D eigenvalue weighted by molar-refractivity contribution is 6.31. The summed E-state index contributed by atoms with van der Waals surface area (Å²) in [5.41, 5.74) is 8.71. The van der Waals surface area contributed by atoms with Crippen LogP contribution in [0.3, 0.4) is 0 Å². The Morgan fingerprint density at radius 3 is 2.85 bits per heavy atom. The maximum Gasteiger partial charge on any atom is 0.330 e. The lowest BCUT2D eigenvalue weighted by molar-refractivity contribution is -0.137. The van der Waals surface area contributed by atoms with Crippen LogP contribution < -0.4 is 10.5 Å². The summed E-state index contributed by atoms with van der Waals surface area (Å²) in [4.78, 5) is 20.2. The fraction of sp³-hybridized carbons (Fsp3) is 0.150. The van der Waals surface area contributed by atoms with Crippen LogP contribution in [-0.2, 0) is 9.53 Å². The first-order chi connectivity index (χ1) is 13.0. The molecule has 0 saturated heterocycles. The van der Waals surface area contributed by atoms with E-state index in [1.54, 1.807) is 25.3 Å². The smallest absolute Gasteiger partial charge is 0.330 e. The first-order valence-corrected chi connectivity index (χ1v) is 8.65. The van der Waals surface area contributed by atoms with Gasteiger partial charge in [0.1, 0.15) is 5.52 Å². The minimum Gasteiger partial charge on any atom is -0.494 e. The summed E-state index contributed by atoms with van der Waals surface area (Å²) in [6, 6.07) is 9.33. The molecule has 138 valence electrons. The second kappa shape index (κ2) is 8.05. The topological polar surface area (TPSA) is 87.3 Å². The van der Waals surface area contributed by atoms with Gasteiger partial charge in [0.25, 0.3) is 0 Å². The normalized spacial score (nSPS) is 11.1. The van der Waals surface area contributed by atoms with Crippen LogP contribution >= 0.6 is 11.6 Å². The quantitative estimate of drug-likeness (QED) is 0.526. The van der Waals surface area contributed by atoms with E-state index in [0.717, 1.165) is 16.5 Å². The highest BCUT2D eigenvalue weighted by Crippen LogP contribution is 2.37. The second-order valence-electron chi connectivity index (χ2n) is 5.63. The summed E-state index contributed by atoms with van der Waals surface area (Å²) in [6.45, 7) is 2.05. The van der Waals surface area contributed by atoms with Crippen molar-refractivity contribution < 1.29 is 14.3 Å². The number of esters is 1. The first kappa shape index (κ1) is 18.7. The lowest BCUT2D eigenvalue weighted by atomic mass is 9.97. The number of anilines is 1. The van der Waals surface area contributed by atoms with Crippen LogP contribution in [0.25, 0.3) is 28.1 Å². The molecule has 2 aromatic carbocycles. The molecule has 0 bridgehead atoms. The van der Waals surface area contributed by atoms with Gasteiger partial charge >= 0.3 is 5.97 Å². The second-order valence-corrected chi connectivity index (χ2v) is 6.07. The molecule has 0 atom stereocenters. The lowest BCUT2D eigenvalue weighted by Gasteiger charge is -2.14. The predicted octanol–water partition coefficient (Wildman–Crippen LogP) is 4.12. The van der Waals surface area contributed by atoms with Gasteiger partial charge in [0, 0.05) is 28.2 Å². The average Bonchev–Trinajstić information content (AvgIpc) is 2.65.